The Morgan fingerprint density at radius 2 is 1.75 bits per heavy atom. The summed E-state index contributed by atoms with van der Waals surface area (Å²) in [6.07, 6.45) is 8.70. The predicted molar refractivity (Wildman–Crippen MR) is 70.5 cm³/mol. The van der Waals surface area contributed by atoms with E-state index in [1.807, 2.05) is 0 Å². The highest BCUT2D eigenvalue weighted by molar-refractivity contribution is 4.99. The smallest absolute Gasteiger partial charge is 0.00956 e. The van der Waals surface area contributed by atoms with Gasteiger partial charge in [-0.25, -0.2) is 0 Å². The lowest BCUT2D eigenvalue weighted by atomic mass is 9.89. The Hall–Kier alpha value is -0.0400. The van der Waals surface area contributed by atoms with Gasteiger partial charge in [0.15, 0.2) is 0 Å². The van der Waals surface area contributed by atoms with Crippen molar-refractivity contribution in [3.8, 4) is 0 Å². The summed E-state index contributed by atoms with van der Waals surface area (Å²) in [6.45, 7) is 8.19. The fourth-order valence-electron chi connectivity index (χ4n) is 3.44. The van der Waals surface area contributed by atoms with E-state index in [2.05, 4.69) is 26.1 Å². The third-order valence-electron chi connectivity index (χ3n) is 4.56. The van der Waals surface area contributed by atoms with Crippen molar-refractivity contribution >= 4 is 0 Å². The van der Waals surface area contributed by atoms with Crippen molar-refractivity contribution in [1.82, 2.24) is 5.32 Å². The van der Waals surface area contributed by atoms with Crippen LogP contribution in [0, 0.1) is 23.7 Å². The van der Waals surface area contributed by atoms with Gasteiger partial charge in [-0.2, -0.15) is 0 Å². The first-order valence-electron chi connectivity index (χ1n) is 7.44. The van der Waals surface area contributed by atoms with E-state index in [4.69, 9.17) is 0 Å². The zero-order chi connectivity index (χ0) is 11.5. The van der Waals surface area contributed by atoms with Crippen LogP contribution in [0.3, 0.4) is 0 Å². The molecule has 94 valence electrons. The molecular formula is C15H29N. The summed E-state index contributed by atoms with van der Waals surface area (Å²) in [5.41, 5.74) is 0. The lowest BCUT2D eigenvalue weighted by molar-refractivity contribution is 0.302. The van der Waals surface area contributed by atoms with Gasteiger partial charge >= 0.3 is 0 Å². The molecule has 2 saturated carbocycles. The third-order valence-corrected chi connectivity index (χ3v) is 4.56. The van der Waals surface area contributed by atoms with Gasteiger partial charge in [0.2, 0.25) is 0 Å². The molecule has 0 spiro atoms. The summed E-state index contributed by atoms with van der Waals surface area (Å²) in [5.74, 6) is 4.14. The molecule has 0 aromatic rings. The molecule has 0 saturated heterocycles. The number of hydrogen-bond acceptors (Lipinski definition) is 1. The van der Waals surface area contributed by atoms with Crippen LogP contribution in [0.2, 0.25) is 0 Å². The molecule has 0 aromatic heterocycles. The minimum absolute atomic E-state index is 0.829. The molecule has 0 radical (unpaired) electrons. The van der Waals surface area contributed by atoms with Crippen LogP contribution in [-0.2, 0) is 0 Å². The molecule has 3 unspecified atom stereocenters. The number of rotatable bonds is 7. The highest BCUT2D eigenvalue weighted by atomic mass is 14.9. The molecule has 2 fully saturated rings. The third kappa shape index (κ3) is 3.23. The first kappa shape index (κ1) is 12.4. The minimum atomic E-state index is 0.829. The highest BCUT2D eigenvalue weighted by Crippen LogP contribution is 2.55. The lowest BCUT2D eigenvalue weighted by Crippen LogP contribution is -2.36. The van der Waals surface area contributed by atoms with Crippen LogP contribution in [-0.4, -0.2) is 12.6 Å². The molecule has 1 N–H and O–H groups in total. The molecule has 1 heteroatoms. The van der Waals surface area contributed by atoms with Gasteiger partial charge in [-0.05, 0) is 68.7 Å². The van der Waals surface area contributed by atoms with Crippen molar-refractivity contribution in [3.63, 3.8) is 0 Å². The Labute approximate surface area is 101 Å². The topological polar surface area (TPSA) is 12.0 Å². The molecule has 0 bridgehead atoms. The highest BCUT2D eigenvalue weighted by Gasteiger charge is 2.47. The lowest BCUT2D eigenvalue weighted by Gasteiger charge is -2.26. The van der Waals surface area contributed by atoms with E-state index in [9.17, 15) is 0 Å². The Kier molecular flexibility index (Phi) is 4.29. The second kappa shape index (κ2) is 5.53. The summed E-state index contributed by atoms with van der Waals surface area (Å²) >= 11 is 0. The predicted octanol–water partition coefficient (Wildman–Crippen LogP) is 3.84. The standard InChI is InChI=1S/C15H29N/c1-4-7-16-15(6-5-11(2)3)14-9-12-8-13(12)10-14/h11-16H,4-10H2,1-3H3. The second-order valence-corrected chi connectivity index (χ2v) is 6.52. The van der Waals surface area contributed by atoms with E-state index < -0.39 is 0 Å². The van der Waals surface area contributed by atoms with E-state index in [-0.39, 0.29) is 0 Å². The van der Waals surface area contributed by atoms with Gasteiger partial charge in [-0.3, -0.25) is 0 Å². The van der Waals surface area contributed by atoms with Crippen LogP contribution in [0.15, 0.2) is 0 Å². The van der Waals surface area contributed by atoms with Gasteiger partial charge in [0, 0.05) is 6.04 Å². The minimum Gasteiger partial charge on any atom is -0.314 e. The van der Waals surface area contributed by atoms with Crippen LogP contribution in [0.4, 0.5) is 0 Å². The molecule has 3 atom stereocenters. The molecule has 0 heterocycles. The van der Waals surface area contributed by atoms with Crippen molar-refractivity contribution in [3.05, 3.63) is 0 Å². The van der Waals surface area contributed by atoms with Crippen molar-refractivity contribution in [2.75, 3.05) is 6.54 Å². The maximum absolute atomic E-state index is 3.81. The SMILES string of the molecule is CCCNC(CCC(C)C)C1CC2CC2C1. The Balaban J connectivity index is 1.76. The van der Waals surface area contributed by atoms with Crippen molar-refractivity contribution in [2.45, 2.75) is 65.3 Å². The van der Waals surface area contributed by atoms with E-state index in [0.29, 0.717) is 0 Å². The van der Waals surface area contributed by atoms with Crippen LogP contribution in [0.1, 0.15) is 59.3 Å². The molecule has 2 rings (SSSR count). The Morgan fingerprint density at radius 3 is 2.31 bits per heavy atom. The van der Waals surface area contributed by atoms with E-state index in [1.165, 1.54) is 38.6 Å². The molecular weight excluding hydrogens is 194 g/mol. The molecule has 1 nitrogen and oxygen atoms in total. The van der Waals surface area contributed by atoms with Crippen molar-refractivity contribution in [2.24, 2.45) is 23.7 Å². The largest absolute Gasteiger partial charge is 0.314 e. The molecule has 2 aliphatic rings. The van der Waals surface area contributed by atoms with E-state index in [0.717, 1.165) is 29.7 Å². The van der Waals surface area contributed by atoms with Crippen LogP contribution in [0.5, 0.6) is 0 Å². The first-order valence-corrected chi connectivity index (χ1v) is 7.44. The molecule has 0 aliphatic heterocycles. The van der Waals surface area contributed by atoms with Gasteiger partial charge in [0.1, 0.15) is 0 Å². The quantitative estimate of drug-likeness (QED) is 0.691. The van der Waals surface area contributed by atoms with Gasteiger partial charge in [-0.15, -0.1) is 0 Å². The molecule has 2 aliphatic carbocycles. The maximum atomic E-state index is 3.81. The van der Waals surface area contributed by atoms with Crippen molar-refractivity contribution in [1.29, 1.82) is 0 Å². The van der Waals surface area contributed by atoms with Crippen molar-refractivity contribution < 1.29 is 0 Å². The first-order chi connectivity index (χ1) is 7.70. The van der Waals surface area contributed by atoms with E-state index >= 15 is 0 Å². The fourth-order valence-corrected chi connectivity index (χ4v) is 3.44. The summed E-state index contributed by atoms with van der Waals surface area (Å²) in [6, 6.07) is 0.829. The second-order valence-electron chi connectivity index (χ2n) is 6.52. The molecule has 0 amide bonds. The maximum Gasteiger partial charge on any atom is 0.00956 e. The van der Waals surface area contributed by atoms with Crippen LogP contribution >= 0.6 is 0 Å². The van der Waals surface area contributed by atoms with Crippen LogP contribution in [0.25, 0.3) is 0 Å². The van der Waals surface area contributed by atoms with Crippen LogP contribution < -0.4 is 5.32 Å². The summed E-state index contributed by atoms with van der Waals surface area (Å²) < 4.78 is 0. The van der Waals surface area contributed by atoms with Gasteiger partial charge in [0.25, 0.3) is 0 Å². The Bertz CT molecular complexity index is 201. The Morgan fingerprint density at radius 1 is 1.06 bits per heavy atom. The van der Waals surface area contributed by atoms with Gasteiger partial charge < -0.3 is 5.32 Å². The average Bonchev–Trinajstić information content (AvgIpc) is 2.86. The zero-order valence-electron chi connectivity index (χ0n) is 11.3. The molecule has 0 aromatic carbocycles. The summed E-state index contributed by atoms with van der Waals surface area (Å²) in [4.78, 5) is 0. The van der Waals surface area contributed by atoms with Gasteiger partial charge in [0.05, 0.1) is 0 Å². The summed E-state index contributed by atoms with van der Waals surface area (Å²) in [7, 11) is 0. The zero-order valence-corrected chi connectivity index (χ0v) is 11.3. The molecule has 16 heavy (non-hydrogen) atoms. The normalized spacial score (nSPS) is 34.1. The number of hydrogen-bond donors (Lipinski definition) is 1. The fraction of sp³-hybridized carbons (Fsp3) is 1.00. The summed E-state index contributed by atoms with van der Waals surface area (Å²) in [5, 5.41) is 3.81. The van der Waals surface area contributed by atoms with E-state index in [1.54, 1.807) is 6.42 Å². The number of nitrogens with one attached hydrogen (secondary N) is 1. The van der Waals surface area contributed by atoms with Gasteiger partial charge in [-0.1, -0.05) is 20.8 Å². The monoisotopic (exact) mass is 223 g/mol. The number of fused-ring (bicyclic) bond motifs is 1. The average molecular weight is 223 g/mol.